The van der Waals surface area contributed by atoms with Gasteiger partial charge in [-0.05, 0) is 49.6 Å². The molecule has 0 saturated heterocycles. The normalized spacial score (nSPS) is 11.5. The molecule has 1 amide bonds. The summed E-state index contributed by atoms with van der Waals surface area (Å²) in [5.41, 5.74) is 1.39. The Morgan fingerprint density at radius 2 is 1.69 bits per heavy atom. The van der Waals surface area contributed by atoms with Gasteiger partial charge in [0.1, 0.15) is 5.56 Å². The Morgan fingerprint density at radius 1 is 1.03 bits per heavy atom. The summed E-state index contributed by atoms with van der Waals surface area (Å²) < 4.78 is 27.8. The summed E-state index contributed by atoms with van der Waals surface area (Å²) in [6.07, 6.45) is 2.98. The Bertz CT molecular complexity index is 1290. The third-order valence-electron chi connectivity index (χ3n) is 5.47. The second-order valence-corrected chi connectivity index (χ2v) is 9.76. The molecule has 170 valence electrons. The molecule has 0 bridgehead atoms. The van der Waals surface area contributed by atoms with Crippen LogP contribution in [0.2, 0.25) is 0 Å². The van der Waals surface area contributed by atoms with Crippen LogP contribution in [-0.2, 0) is 10.0 Å². The molecule has 0 aliphatic rings. The van der Waals surface area contributed by atoms with Crippen molar-refractivity contribution in [3.63, 3.8) is 0 Å². The highest BCUT2D eigenvalue weighted by Crippen LogP contribution is 2.26. The van der Waals surface area contributed by atoms with Crippen molar-refractivity contribution in [2.45, 2.75) is 38.5 Å². The van der Waals surface area contributed by atoms with Crippen LogP contribution in [0.25, 0.3) is 10.9 Å². The van der Waals surface area contributed by atoms with Gasteiger partial charge in [-0.2, -0.15) is 0 Å². The number of nitrogens with one attached hydrogen (secondary N) is 1. The Balaban J connectivity index is 2.08. The molecule has 0 saturated carbocycles. The molecule has 8 heteroatoms. The fourth-order valence-electron chi connectivity index (χ4n) is 3.75. The first kappa shape index (κ1) is 23.5. The highest BCUT2D eigenvalue weighted by atomic mass is 32.2. The zero-order valence-electron chi connectivity index (χ0n) is 18.9. The van der Waals surface area contributed by atoms with Crippen molar-refractivity contribution in [2.24, 2.45) is 0 Å². The maximum absolute atomic E-state index is 13.3. The lowest BCUT2D eigenvalue weighted by atomic mass is 10.1. The largest absolute Gasteiger partial charge is 0.360 e. The number of amides is 1. The number of rotatable bonds is 8. The number of aryl methyl sites for hydroxylation is 1. The minimum Gasteiger partial charge on any atom is -0.360 e. The van der Waals surface area contributed by atoms with Crippen LogP contribution in [0.3, 0.4) is 0 Å². The zero-order chi connectivity index (χ0) is 23.5. The van der Waals surface area contributed by atoms with Gasteiger partial charge in [0.25, 0.3) is 15.9 Å². The first-order chi connectivity index (χ1) is 15.2. The minimum absolute atomic E-state index is 0.00942. The van der Waals surface area contributed by atoms with E-state index in [0.29, 0.717) is 24.3 Å². The van der Waals surface area contributed by atoms with Gasteiger partial charge in [-0.25, -0.2) is 8.42 Å². The summed E-state index contributed by atoms with van der Waals surface area (Å²) in [4.78, 5) is 30.8. The molecule has 2 aromatic carbocycles. The highest BCUT2D eigenvalue weighted by molar-refractivity contribution is 7.92. The van der Waals surface area contributed by atoms with Crippen molar-refractivity contribution in [3.8, 4) is 0 Å². The first-order valence-electron chi connectivity index (χ1n) is 10.7. The third kappa shape index (κ3) is 4.41. The van der Waals surface area contributed by atoms with E-state index in [1.807, 2.05) is 32.9 Å². The van der Waals surface area contributed by atoms with Crippen LogP contribution in [0.4, 0.5) is 5.69 Å². The molecule has 1 heterocycles. The quantitative estimate of drug-likeness (QED) is 0.557. The molecule has 7 nitrogen and oxygen atoms in total. The summed E-state index contributed by atoms with van der Waals surface area (Å²) in [6.45, 7) is 6.90. The SMILES string of the molecule is CCCN(CCC)C(=O)c1c[nH]c2ccc(S(=O)(=O)N(C)c3ccccc3C)cc2c1=O. The Morgan fingerprint density at radius 3 is 2.31 bits per heavy atom. The van der Waals surface area contributed by atoms with Crippen LogP contribution < -0.4 is 9.73 Å². The van der Waals surface area contributed by atoms with Gasteiger partial charge in [-0.15, -0.1) is 0 Å². The molecule has 0 radical (unpaired) electrons. The first-order valence-corrected chi connectivity index (χ1v) is 12.2. The van der Waals surface area contributed by atoms with Crippen LogP contribution in [0.1, 0.15) is 42.6 Å². The van der Waals surface area contributed by atoms with E-state index >= 15 is 0 Å². The number of aromatic nitrogens is 1. The van der Waals surface area contributed by atoms with Crippen molar-refractivity contribution in [2.75, 3.05) is 24.4 Å². The maximum Gasteiger partial charge on any atom is 0.264 e. The van der Waals surface area contributed by atoms with Crippen LogP contribution >= 0.6 is 0 Å². The molecule has 0 unspecified atom stereocenters. The molecule has 1 aromatic heterocycles. The van der Waals surface area contributed by atoms with Crippen molar-refractivity contribution in [3.05, 3.63) is 70.0 Å². The van der Waals surface area contributed by atoms with E-state index in [1.165, 1.54) is 29.7 Å². The van der Waals surface area contributed by atoms with Crippen LogP contribution in [0, 0.1) is 6.92 Å². The molecule has 1 N–H and O–H groups in total. The van der Waals surface area contributed by atoms with Gasteiger partial charge in [-0.3, -0.25) is 13.9 Å². The predicted molar refractivity (Wildman–Crippen MR) is 128 cm³/mol. The number of H-pyrrole nitrogens is 1. The van der Waals surface area contributed by atoms with Gasteiger partial charge in [0.2, 0.25) is 5.43 Å². The smallest absolute Gasteiger partial charge is 0.264 e. The molecule has 32 heavy (non-hydrogen) atoms. The van der Waals surface area contributed by atoms with Crippen molar-refractivity contribution >= 4 is 32.5 Å². The second-order valence-electron chi connectivity index (χ2n) is 7.79. The average Bonchev–Trinajstić information content (AvgIpc) is 2.78. The number of fused-ring (bicyclic) bond motifs is 1. The summed E-state index contributed by atoms with van der Waals surface area (Å²) in [6, 6.07) is 11.5. The van der Waals surface area contributed by atoms with Crippen LogP contribution in [0.15, 0.2) is 58.4 Å². The summed E-state index contributed by atoms with van der Waals surface area (Å²) in [5.74, 6) is -0.345. The number of carbonyl (C=O) groups excluding carboxylic acids is 1. The molecule has 0 aliphatic carbocycles. The van der Waals surface area contributed by atoms with E-state index in [9.17, 15) is 18.0 Å². The monoisotopic (exact) mass is 455 g/mol. The van der Waals surface area contributed by atoms with Crippen LogP contribution in [-0.4, -0.2) is 44.3 Å². The topological polar surface area (TPSA) is 90.6 Å². The zero-order valence-corrected chi connectivity index (χ0v) is 19.7. The van der Waals surface area contributed by atoms with E-state index in [2.05, 4.69) is 4.98 Å². The number of sulfonamides is 1. The van der Waals surface area contributed by atoms with Gasteiger partial charge >= 0.3 is 0 Å². The standard InChI is InChI=1S/C24H29N3O4S/c1-5-13-27(14-6-2)24(29)20-16-25-21-12-11-18(15-19(21)23(20)28)32(30,31)26(4)22-10-8-7-9-17(22)3/h7-12,15-16H,5-6,13-14H2,1-4H3,(H,25,28). The number of benzene rings is 2. The van der Waals surface area contributed by atoms with Gasteiger partial charge < -0.3 is 9.88 Å². The van der Waals surface area contributed by atoms with Gasteiger partial charge in [0.15, 0.2) is 0 Å². The number of pyridine rings is 1. The number of nitrogens with zero attached hydrogens (tertiary/aromatic N) is 2. The molecular formula is C24H29N3O4S. The highest BCUT2D eigenvalue weighted by Gasteiger charge is 2.24. The minimum atomic E-state index is -3.90. The number of hydrogen-bond acceptors (Lipinski definition) is 4. The number of anilines is 1. The van der Waals surface area contributed by atoms with Gasteiger partial charge in [0.05, 0.1) is 10.6 Å². The Kier molecular flexibility index (Phi) is 7.03. The van der Waals surface area contributed by atoms with E-state index in [0.717, 1.165) is 18.4 Å². The average molecular weight is 456 g/mol. The van der Waals surface area contributed by atoms with E-state index in [4.69, 9.17) is 0 Å². The summed E-state index contributed by atoms with van der Waals surface area (Å²) in [5, 5.41) is 0.169. The van der Waals surface area contributed by atoms with Gasteiger partial charge in [0, 0.05) is 37.2 Å². The molecule has 0 fully saturated rings. The van der Waals surface area contributed by atoms with Crippen molar-refractivity contribution in [1.29, 1.82) is 0 Å². The number of hydrogen-bond donors (Lipinski definition) is 1. The maximum atomic E-state index is 13.3. The second kappa shape index (κ2) is 9.56. The van der Waals surface area contributed by atoms with E-state index in [1.54, 1.807) is 23.1 Å². The predicted octanol–water partition coefficient (Wildman–Crippen LogP) is 3.92. The van der Waals surface area contributed by atoms with Gasteiger partial charge in [-0.1, -0.05) is 32.0 Å². The lowest BCUT2D eigenvalue weighted by molar-refractivity contribution is 0.0754. The molecule has 0 spiro atoms. The molecule has 0 aliphatic heterocycles. The van der Waals surface area contributed by atoms with Crippen molar-refractivity contribution < 1.29 is 13.2 Å². The lowest BCUT2D eigenvalue weighted by Crippen LogP contribution is -2.35. The van der Waals surface area contributed by atoms with Crippen molar-refractivity contribution in [1.82, 2.24) is 9.88 Å². The Hall–Kier alpha value is -3.13. The summed E-state index contributed by atoms with van der Waals surface area (Å²) >= 11 is 0. The Labute approximate surface area is 188 Å². The molecule has 0 atom stereocenters. The lowest BCUT2D eigenvalue weighted by Gasteiger charge is -2.22. The fraction of sp³-hybridized carbons (Fsp3) is 0.333. The van der Waals surface area contributed by atoms with E-state index in [-0.39, 0.29) is 21.8 Å². The fourth-order valence-corrected chi connectivity index (χ4v) is 5.03. The number of para-hydroxylation sites is 1. The third-order valence-corrected chi connectivity index (χ3v) is 7.24. The molecule has 3 aromatic rings. The summed E-state index contributed by atoms with van der Waals surface area (Å²) in [7, 11) is -2.42. The van der Waals surface area contributed by atoms with E-state index < -0.39 is 15.5 Å². The molecular weight excluding hydrogens is 426 g/mol. The number of aromatic amines is 1. The number of carbonyl (C=O) groups is 1. The van der Waals surface area contributed by atoms with Crippen LogP contribution in [0.5, 0.6) is 0 Å². The molecule has 3 rings (SSSR count).